The normalized spacial score (nSPS) is 14.2. The van der Waals surface area contributed by atoms with E-state index in [1.54, 1.807) is 0 Å². The fourth-order valence-electron chi connectivity index (χ4n) is 1.84. The smallest absolute Gasteiger partial charge is 0.134 e. The van der Waals surface area contributed by atoms with Crippen molar-refractivity contribution in [3.63, 3.8) is 0 Å². The summed E-state index contributed by atoms with van der Waals surface area (Å²) in [6.07, 6.45) is 1.01. The highest BCUT2D eigenvalue weighted by molar-refractivity contribution is 5.79. The molecule has 0 heterocycles. The molecule has 1 unspecified atom stereocenters. The molecule has 0 saturated heterocycles. The average molecular weight is 249 g/mol. The quantitative estimate of drug-likeness (QED) is 0.770. The van der Waals surface area contributed by atoms with Crippen molar-refractivity contribution in [2.45, 2.75) is 39.3 Å². The van der Waals surface area contributed by atoms with Gasteiger partial charge in [0, 0.05) is 25.5 Å². The molecular weight excluding hydrogens is 226 g/mol. The maximum Gasteiger partial charge on any atom is 0.134 e. The Morgan fingerprint density at radius 2 is 1.89 bits per heavy atom. The first kappa shape index (κ1) is 14.9. The zero-order chi connectivity index (χ0) is 13.4. The Kier molecular flexibility index (Phi) is 6.61. The number of carbonyl (C=O) groups is 1. The van der Waals surface area contributed by atoms with E-state index in [0.29, 0.717) is 26.1 Å². The third-order valence-corrected chi connectivity index (χ3v) is 2.64. The van der Waals surface area contributed by atoms with Gasteiger partial charge in [0.25, 0.3) is 0 Å². The maximum atomic E-state index is 11.6. The molecule has 0 fully saturated rings. The first-order chi connectivity index (χ1) is 8.58. The molecule has 0 aliphatic heterocycles. The number of Topliss-reactive ketones (excluding diaryl/α,β-unsaturated/α-hetero) is 1. The first-order valence-electron chi connectivity index (χ1n) is 6.47. The molecule has 0 saturated carbocycles. The number of hydrogen-bond acceptors (Lipinski definition) is 3. The van der Waals surface area contributed by atoms with Crippen molar-refractivity contribution < 1.29 is 9.53 Å². The molecule has 3 heteroatoms. The lowest BCUT2D eigenvalue weighted by atomic mass is 10.0. The van der Waals surface area contributed by atoms with Crippen LogP contribution in [-0.4, -0.2) is 18.4 Å². The number of benzene rings is 1. The summed E-state index contributed by atoms with van der Waals surface area (Å²) in [6.45, 7) is 5.10. The molecule has 18 heavy (non-hydrogen) atoms. The van der Waals surface area contributed by atoms with Crippen LogP contribution in [0.15, 0.2) is 30.3 Å². The van der Waals surface area contributed by atoms with Crippen LogP contribution in [0.3, 0.4) is 0 Å². The SMILES string of the molecule is CC(COCc1ccccc1)CC(=O)C[C@@H](C)N. The summed E-state index contributed by atoms with van der Waals surface area (Å²) >= 11 is 0. The molecule has 0 bridgehead atoms. The second-order valence-corrected chi connectivity index (χ2v) is 5.03. The van der Waals surface area contributed by atoms with Gasteiger partial charge in [-0.05, 0) is 18.4 Å². The zero-order valence-electron chi connectivity index (χ0n) is 11.3. The second kappa shape index (κ2) is 8.01. The van der Waals surface area contributed by atoms with E-state index < -0.39 is 0 Å². The van der Waals surface area contributed by atoms with Crippen molar-refractivity contribution in [2.75, 3.05) is 6.61 Å². The molecular formula is C15H23NO2. The first-order valence-corrected chi connectivity index (χ1v) is 6.47. The minimum atomic E-state index is -0.0464. The number of carbonyl (C=O) groups excluding carboxylic acids is 1. The van der Waals surface area contributed by atoms with Crippen LogP contribution in [0, 0.1) is 5.92 Å². The number of nitrogens with two attached hydrogens (primary N) is 1. The van der Waals surface area contributed by atoms with E-state index >= 15 is 0 Å². The Bertz CT molecular complexity index is 349. The largest absolute Gasteiger partial charge is 0.376 e. The molecule has 2 atom stereocenters. The van der Waals surface area contributed by atoms with Crippen LogP contribution in [0.1, 0.15) is 32.3 Å². The molecule has 1 aromatic rings. The Hall–Kier alpha value is -1.19. The molecule has 0 aromatic heterocycles. The van der Waals surface area contributed by atoms with Crippen LogP contribution < -0.4 is 5.73 Å². The van der Waals surface area contributed by atoms with Crippen molar-refractivity contribution in [1.82, 2.24) is 0 Å². The standard InChI is InChI=1S/C15H23NO2/c1-12(8-15(17)9-13(2)16)10-18-11-14-6-4-3-5-7-14/h3-7,12-13H,8-11,16H2,1-2H3/t12?,13-/m1/s1. The Labute approximate surface area is 109 Å². The van der Waals surface area contributed by atoms with Crippen LogP contribution in [0.2, 0.25) is 0 Å². The molecule has 0 spiro atoms. The van der Waals surface area contributed by atoms with Crippen molar-refractivity contribution in [3.8, 4) is 0 Å². The van der Waals surface area contributed by atoms with E-state index in [1.165, 1.54) is 0 Å². The molecule has 1 rings (SSSR count). The predicted octanol–water partition coefficient (Wildman–Crippen LogP) is 2.54. The van der Waals surface area contributed by atoms with E-state index in [9.17, 15) is 4.79 Å². The number of ketones is 1. The topological polar surface area (TPSA) is 52.3 Å². The highest BCUT2D eigenvalue weighted by Gasteiger charge is 2.11. The van der Waals surface area contributed by atoms with Gasteiger partial charge in [0.05, 0.1) is 6.61 Å². The van der Waals surface area contributed by atoms with E-state index in [1.807, 2.05) is 44.2 Å². The van der Waals surface area contributed by atoms with Crippen LogP contribution in [-0.2, 0) is 16.1 Å². The molecule has 3 nitrogen and oxygen atoms in total. The minimum absolute atomic E-state index is 0.0464. The van der Waals surface area contributed by atoms with E-state index in [0.717, 1.165) is 5.56 Å². The molecule has 0 amide bonds. The van der Waals surface area contributed by atoms with Gasteiger partial charge in [-0.25, -0.2) is 0 Å². The predicted molar refractivity (Wildman–Crippen MR) is 73.2 cm³/mol. The average Bonchev–Trinajstić information content (AvgIpc) is 2.29. The van der Waals surface area contributed by atoms with Crippen molar-refractivity contribution in [3.05, 3.63) is 35.9 Å². The lowest BCUT2D eigenvalue weighted by Crippen LogP contribution is -2.21. The second-order valence-electron chi connectivity index (χ2n) is 5.03. The van der Waals surface area contributed by atoms with Gasteiger partial charge >= 0.3 is 0 Å². The number of ether oxygens (including phenoxy) is 1. The van der Waals surface area contributed by atoms with Gasteiger partial charge in [0.15, 0.2) is 0 Å². The van der Waals surface area contributed by atoms with Crippen LogP contribution in [0.5, 0.6) is 0 Å². The van der Waals surface area contributed by atoms with E-state index in [-0.39, 0.29) is 17.7 Å². The molecule has 2 N–H and O–H groups in total. The Morgan fingerprint density at radius 3 is 2.50 bits per heavy atom. The lowest BCUT2D eigenvalue weighted by Gasteiger charge is -2.12. The van der Waals surface area contributed by atoms with Crippen molar-refractivity contribution in [1.29, 1.82) is 0 Å². The Morgan fingerprint density at radius 1 is 1.22 bits per heavy atom. The lowest BCUT2D eigenvalue weighted by molar-refractivity contribution is -0.120. The summed E-state index contributed by atoms with van der Waals surface area (Å²) in [6, 6.07) is 9.99. The summed E-state index contributed by atoms with van der Waals surface area (Å²) in [5, 5.41) is 0. The van der Waals surface area contributed by atoms with Crippen LogP contribution >= 0.6 is 0 Å². The van der Waals surface area contributed by atoms with Crippen LogP contribution in [0.25, 0.3) is 0 Å². The third-order valence-electron chi connectivity index (χ3n) is 2.64. The van der Waals surface area contributed by atoms with Gasteiger partial charge in [0.1, 0.15) is 5.78 Å². The fourth-order valence-corrected chi connectivity index (χ4v) is 1.84. The van der Waals surface area contributed by atoms with Gasteiger partial charge in [-0.1, -0.05) is 37.3 Å². The zero-order valence-corrected chi connectivity index (χ0v) is 11.3. The summed E-state index contributed by atoms with van der Waals surface area (Å²) in [5.74, 6) is 0.473. The highest BCUT2D eigenvalue weighted by atomic mass is 16.5. The summed E-state index contributed by atoms with van der Waals surface area (Å²) < 4.78 is 5.60. The van der Waals surface area contributed by atoms with Crippen molar-refractivity contribution in [2.24, 2.45) is 11.7 Å². The summed E-state index contributed by atoms with van der Waals surface area (Å²) in [5.41, 5.74) is 6.75. The Balaban J connectivity index is 2.17. The van der Waals surface area contributed by atoms with Gasteiger partial charge < -0.3 is 10.5 Å². The van der Waals surface area contributed by atoms with Gasteiger partial charge in [-0.15, -0.1) is 0 Å². The maximum absolute atomic E-state index is 11.6. The fraction of sp³-hybridized carbons (Fsp3) is 0.533. The number of rotatable bonds is 8. The monoisotopic (exact) mass is 249 g/mol. The molecule has 100 valence electrons. The third kappa shape index (κ3) is 6.52. The van der Waals surface area contributed by atoms with E-state index in [4.69, 9.17) is 10.5 Å². The number of hydrogen-bond donors (Lipinski definition) is 1. The molecule has 0 radical (unpaired) electrons. The summed E-state index contributed by atoms with van der Waals surface area (Å²) in [7, 11) is 0. The molecule has 0 aliphatic rings. The van der Waals surface area contributed by atoms with Gasteiger partial charge in [-0.3, -0.25) is 4.79 Å². The van der Waals surface area contributed by atoms with Gasteiger partial charge in [-0.2, -0.15) is 0 Å². The molecule has 1 aromatic carbocycles. The van der Waals surface area contributed by atoms with Gasteiger partial charge in [0.2, 0.25) is 0 Å². The summed E-state index contributed by atoms with van der Waals surface area (Å²) in [4.78, 5) is 11.6. The highest BCUT2D eigenvalue weighted by Crippen LogP contribution is 2.08. The van der Waals surface area contributed by atoms with E-state index in [2.05, 4.69) is 0 Å². The van der Waals surface area contributed by atoms with Crippen LogP contribution in [0.4, 0.5) is 0 Å². The molecule has 0 aliphatic carbocycles. The minimum Gasteiger partial charge on any atom is -0.376 e. The van der Waals surface area contributed by atoms with Crippen molar-refractivity contribution >= 4 is 5.78 Å².